The Labute approximate surface area is 408 Å². The molecule has 67 heavy (non-hydrogen) atoms. The van der Waals surface area contributed by atoms with Crippen molar-refractivity contribution in [2.24, 2.45) is 0 Å². The molecular weight excluding hydrogens is 853 g/mol. The molecule has 0 saturated carbocycles. The Morgan fingerprint density at radius 3 is 1.12 bits per heavy atom. The van der Waals surface area contributed by atoms with Crippen LogP contribution in [0.25, 0.3) is 0 Å². The summed E-state index contributed by atoms with van der Waals surface area (Å²) in [5.74, 6) is -3.08. The Kier molecular flexibility index (Phi) is 42.0. The number of aliphatic carboxylic acids is 1. The smallest absolute Gasteiger partial charge is 0.335 e. The normalized spacial score (nSPS) is 18.7. The van der Waals surface area contributed by atoms with E-state index in [4.69, 9.17) is 23.7 Å². The number of carboxylic acids is 1. The molecule has 1 heterocycles. The van der Waals surface area contributed by atoms with E-state index >= 15 is 0 Å². The summed E-state index contributed by atoms with van der Waals surface area (Å²) >= 11 is 0. The van der Waals surface area contributed by atoms with E-state index in [1.807, 2.05) is 0 Å². The summed E-state index contributed by atoms with van der Waals surface area (Å²) in [7, 11) is 0. The number of esters is 3. The zero-order valence-corrected chi connectivity index (χ0v) is 43.2. The molecule has 1 aliphatic heterocycles. The lowest BCUT2D eigenvalue weighted by Gasteiger charge is -2.40. The van der Waals surface area contributed by atoms with Gasteiger partial charge in [0.05, 0.1) is 6.61 Å². The number of hydrogen-bond acceptors (Lipinski definition) is 11. The number of carboxylic acid groups (broad SMARTS) is 1. The van der Waals surface area contributed by atoms with Gasteiger partial charge in [0, 0.05) is 19.3 Å². The van der Waals surface area contributed by atoms with E-state index in [1.54, 1.807) is 0 Å². The predicted octanol–water partition coefficient (Wildman–Crippen LogP) is 13.6. The minimum absolute atomic E-state index is 0.0684. The van der Waals surface area contributed by atoms with Crippen molar-refractivity contribution < 1.29 is 58.2 Å². The molecule has 0 bridgehead atoms. The predicted molar refractivity (Wildman–Crippen MR) is 267 cm³/mol. The number of aliphatic hydroxyl groups is 2. The monoisotopic (exact) mass is 955 g/mol. The van der Waals surface area contributed by atoms with E-state index in [1.165, 1.54) is 154 Å². The third-order valence-corrected chi connectivity index (χ3v) is 13.2. The summed E-state index contributed by atoms with van der Waals surface area (Å²) in [6, 6.07) is 0. The molecule has 0 aromatic heterocycles. The molecule has 1 fully saturated rings. The van der Waals surface area contributed by atoms with E-state index in [-0.39, 0.29) is 25.9 Å². The molecule has 0 aliphatic carbocycles. The van der Waals surface area contributed by atoms with Gasteiger partial charge in [-0.25, -0.2) is 4.79 Å². The molecule has 6 unspecified atom stereocenters. The van der Waals surface area contributed by atoms with Gasteiger partial charge >= 0.3 is 23.9 Å². The molecule has 12 nitrogen and oxygen atoms in total. The molecule has 394 valence electrons. The summed E-state index contributed by atoms with van der Waals surface area (Å²) in [6.07, 6.45) is 33.9. The first-order valence-electron chi connectivity index (χ1n) is 28.0. The van der Waals surface area contributed by atoms with Crippen molar-refractivity contribution in [3.05, 3.63) is 0 Å². The van der Waals surface area contributed by atoms with Crippen LogP contribution in [0, 0.1) is 0 Å². The molecule has 1 aliphatic rings. The van der Waals surface area contributed by atoms with Crippen LogP contribution >= 0.6 is 0 Å². The SMILES string of the molecule is CCCCCCCCCCCCCCCCCCCC(=O)OCC(COC1OC(C(=O)O)C(O)C(O)C1OC(=O)CCCCCCCCCCC)OC(=O)CCCCCCCCCCCCC. The quantitative estimate of drug-likeness (QED) is 0.0299. The largest absolute Gasteiger partial charge is 0.479 e. The standard InChI is InChI=1S/C55H102O12/c1-4-7-10-13-16-19-21-22-23-24-25-26-28-30-32-35-38-41-47(56)63-44-46(65-48(57)42-39-36-34-31-27-20-17-14-11-8-5-2)45-64-55-53(51(60)50(59)52(67-55)54(61)62)66-49(58)43-40-37-33-29-18-15-12-9-6-3/h46,50-53,55,59-60H,4-45H2,1-3H3,(H,61,62). The van der Waals surface area contributed by atoms with E-state index in [0.29, 0.717) is 19.3 Å². The van der Waals surface area contributed by atoms with E-state index in [0.717, 1.165) is 64.2 Å². The highest BCUT2D eigenvalue weighted by molar-refractivity contribution is 5.74. The maximum Gasteiger partial charge on any atom is 0.335 e. The summed E-state index contributed by atoms with van der Waals surface area (Å²) in [5.41, 5.74) is 0. The topological polar surface area (TPSA) is 175 Å². The first kappa shape index (κ1) is 62.7. The summed E-state index contributed by atoms with van der Waals surface area (Å²) in [4.78, 5) is 50.8. The Balaban J connectivity index is 2.65. The van der Waals surface area contributed by atoms with Crippen LogP contribution in [0.5, 0.6) is 0 Å². The molecule has 6 atom stereocenters. The van der Waals surface area contributed by atoms with Gasteiger partial charge in [-0.05, 0) is 19.3 Å². The van der Waals surface area contributed by atoms with Crippen molar-refractivity contribution in [2.75, 3.05) is 13.2 Å². The van der Waals surface area contributed by atoms with Gasteiger partial charge < -0.3 is 39.0 Å². The molecule has 0 radical (unpaired) electrons. The van der Waals surface area contributed by atoms with Crippen LogP contribution in [0.2, 0.25) is 0 Å². The Morgan fingerprint density at radius 2 is 0.761 bits per heavy atom. The zero-order chi connectivity index (χ0) is 49.0. The van der Waals surface area contributed by atoms with Crippen LogP contribution < -0.4 is 0 Å². The number of unbranched alkanes of at least 4 members (excludes halogenated alkanes) is 34. The lowest BCUT2D eigenvalue weighted by Crippen LogP contribution is -2.61. The molecule has 12 heteroatoms. The third-order valence-electron chi connectivity index (χ3n) is 13.2. The third kappa shape index (κ3) is 35.5. The summed E-state index contributed by atoms with van der Waals surface area (Å²) in [5, 5.41) is 31.3. The van der Waals surface area contributed by atoms with Crippen LogP contribution in [0.1, 0.15) is 278 Å². The fraction of sp³-hybridized carbons (Fsp3) is 0.927. The second-order valence-electron chi connectivity index (χ2n) is 19.6. The van der Waals surface area contributed by atoms with Crippen molar-refractivity contribution in [3.8, 4) is 0 Å². The number of aliphatic hydroxyl groups excluding tert-OH is 2. The average molecular weight is 955 g/mol. The minimum atomic E-state index is -1.89. The first-order valence-corrected chi connectivity index (χ1v) is 28.0. The van der Waals surface area contributed by atoms with Gasteiger partial charge in [-0.3, -0.25) is 14.4 Å². The van der Waals surface area contributed by atoms with Crippen LogP contribution in [-0.4, -0.2) is 89.2 Å². The molecule has 0 aromatic carbocycles. The zero-order valence-electron chi connectivity index (χ0n) is 43.2. The highest BCUT2D eigenvalue weighted by Crippen LogP contribution is 2.26. The number of rotatable bonds is 48. The van der Waals surface area contributed by atoms with Gasteiger partial charge in [0.2, 0.25) is 0 Å². The highest BCUT2D eigenvalue weighted by atomic mass is 16.7. The fourth-order valence-electron chi connectivity index (χ4n) is 8.84. The lowest BCUT2D eigenvalue weighted by molar-refractivity contribution is -0.301. The van der Waals surface area contributed by atoms with Crippen LogP contribution in [-0.2, 0) is 42.9 Å². The van der Waals surface area contributed by atoms with E-state index < -0.39 is 67.3 Å². The van der Waals surface area contributed by atoms with Gasteiger partial charge in [0.25, 0.3) is 0 Å². The average Bonchev–Trinajstić information content (AvgIpc) is 3.31. The molecule has 0 aromatic rings. The van der Waals surface area contributed by atoms with Crippen molar-refractivity contribution in [1.29, 1.82) is 0 Å². The number of carbonyl (C=O) groups excluding carboxylic acids is 3. The summed E-state index contributed by atoms with van der Waals surface area (Å²) < 4.78 is 28.3. The van der Waals surface area contributed by atoms with Gasteiger partial charge in [-0.2, -0.15) is 0 Å². The lowest BCUT2D eigenvalue weighted by atomic mass is 9.98. The van der Waals surface area contributed by atoms with Gasteiger partial charge in [-0.1, -0.05) is 239 Å². The molecule has 1 saturated heterocycles. The molecule has 0 amide bonds. The summed E-state index contributed by atoms with van der Waals surface area (Å²) in [6.45, 7) is 5.97. The first-order chi connectivity index (χ1) is 32.6. The second-order valence-corrected chi connectivity index (χ2v) is 19.6. The maximum absolute atomic E-state index is 13.1. The second kappa shape index (κ2) is 44.9. The fourth-order valence-corrected chi connectivity index (χ4v) is 8.84. The van der Waals surface area contributed by atoms with Crippen LogP contribution in [0.3, 0.4) is 0 Å². The number of hydrogen-bond donors (Lipinski definition) is 3. The van der Waals surface area contributed by atoms with E-state index in [9.17, 15) is 34.5 Å². The highest BCUT2D eigenvalue weighted by Gasteiger charge is 2.50. The Bertz CT molecular complexity index is 1180. The molecular formula is C55H102O12. The van der Waals surface area contributed by atoms with Gasteiger partial charge in [-0.15, -0.1) is 0 Å². The Hall–Kier alpha value is -2.28. The van der Waals surface area contributed by atoms with Gasteiger partial charge in [0.1, 0.15) is 18.8 Å². The minimum Gasteiger partial charge on any atom is -0.479 e. The molecule has 0 spiro atoms. The number of carbonyl (C=O) groups is 4. The number of ether oxygens (including phenoxy) is 5. The van der Waals surface area contributed by atoms with Gasteiger partial charge in [0.15, 0.2) is 24.6 Å². The maximum atomic E-state index is 13.1. The Morgan fingerprint density at radius 1 is 0.433 bits per heavy atom. The van der Waals surface area contributed by atoms with Crippen molar-refractivity contribution in [1.82, 2.24) is 0 Å². The van der Waals surface area contributed by atoms with E-state index in [2.05, 4.69) is 20.8 Å². The van der Waals surface area contributed by atoms with Crippen LogP contribution in [0.15, 0.2) is 0 Å². The van der Waals surface area contributed by atoms with Crippen molar-refractivity contribution in [2.45, 2.75) is 314 Å². The molecule has 3 N–H and O–H groups in total. The van der Waals surface area contributed by atoms with Crippen molar-refractivity contribution >= 4 is 23.9 Å². The molecule has 1 rings (SSSR count). The van der Waals surface area contributed by atoms with Crippen molar-refractivity contribution in [3.63, 3.8) is 0 Å². The van der Waals surface area contributed by atoms with Crippen LogP contribution in [0.4, 0.5) is 0 Å².